The highest BCUT2D eigenvalue weighted by atomic mass is 16.5. The summed E-state index contributed by atoms with van der Waals surface area (Å²) in [7, 11) is 0. The van der Waals surface area contributed by atoms with E-state index in [2.05, 4.69) is 0 Å². The van der Waals surface area contributed by atoms with Crippen LogP contribution < -0.4 is 0 Å². The van der Waals surface area contributed by atoms with Crippen LogP contribution in [0.25, 0.3) is 22.3 Å². The first-order chi connectivity index (χ1) is 12.3. The van der Waals surface area contributed by atoms with Crippen molar-refractivity contribution in [3.63, 3.8) is 0 Å². The van der Waals surface area contributed by atoms with Gasteiger partial charge in [0, 0.05) is 22.3 Å². The summed E-state index contributed by atoms with van der Waals surface area (Å²) in [6, 6.07) is 12.6. The van der Waals surface area contributed by atoms with Crippen molar-refractivity contribution in [2.45, 2.75) is 11.6 Å². The third-order valence-electron chi connectivity index (χ3n) is 5.29. The minimum absolute atomic E-state index is 0.0258. The molecule has 6 N–H and O–H groups in total. The van der Waals surface area contributed by atoms with Crippen LogP contribution in [0.3, 0.4) is 0 Å². The Hall–Kier alpha value is -2.90. The van der Waals surface area contributed by atoms with Gasteiger partial charge >= 0.3 is 0 Å². The highest BCUT2D eigenvalue weighted by molar-refractivity contribution is 5.96. The molecule has 130 valence electrons. The molecule has 6 nitrogen and oxygen atoms in total. The van der Waals surface area contributed by atoms with E-state index < -0.39 is 23.1 Å². The second-order valence-electron chi connectivity index (χ2n) is 6.63. The molecule has 0 aromatic heterocycles. The fourth-order valence-corrected chi connectivity index (χ4v) is 4.21. The Kier molecular flexibility index (Phi) is 2.62. The number of aliphatic hydroxyl groups is 4. The summed E-state index contributed by atoms with van der Waals surface area (Å²) < 4.78 is 0. The van der Waals surface area contributed by atoms with Crippen LogP contribution in [-0.4, -0.2) is 30.6 Å². The van der Waals surface area contributed by atoms with Crippen molar-refractivity contribution < 1.29 is 30.6 Å². The number of fused-ring (bicyclic) bond motifs is 6. The summed E-state index contributed by atoms with van der Waals surface area (Å²) in [6.07, 6.45) is 0. The minimum atomic E-state index is -2.52. The molecule has 0 bridgehead atoms. The largest absolute Gasteiger partial charge is 0.507 e. The number of rotatable bonds is 0. The molecule has 0 heterocycles. The lowest BCUT2D eigenvalue weighted by atomic mass is 9.92. The lowest BCUT2D eigenvalue weighted by Gasteiger charge is -2.23. The number of hydrogen-bond donors (Lipinski definition) is 6. The van der Waals surface area contributed by atoms with Crippen LogP contribution in [0, 0.1) is 0 Å². The zero-order valence-corrected chi connectivity index (χ0v) is 13.3. The molecule has 2 aliphatic carbocycles. The summed E-state index contributed by atoms with van der Waals surface area (Å²) in [5.41, 5.74) is 0.192. The van der Waals surface area contributed by atoms with Gasteiger partial charge < -0.3 is 30.6 Å². The molecule has 0 fully saturated rings. The number of benzene rings is 3. The van der Waals surface area contributed by atoms with E-state index in [0.29, 0.717) is 11.1 Å². The minimum Gasteiger partial charge on any atom is -0.507 e. The van der Waals surface area contributed by atoms with Gasteiger partial charge in [-0.2, -0.15) is 0 Å². The van der Waals surface area contributed by atoms with Gasteiger partial charge in [-0.1, -0.05) is 48.5 Å². The lowest BCUT2D eigenvalue weighted by molar-refractivity contribution is -0.132. The van der Waals surface area contributed by atoms with Crippen LogP contribution in [-0.2, 0) is 11.6 Å². The third kappa shape index (κ3) is 1.51. The zero-order valence-electron chi connectivity index (χ0n) is 13.3. The van der Waals surface area contributed by atoms with E-state index in [1.54, 1.807) is 36.4 Å². The molecule has 26 heavy (non-hydrogen) atoms. The Morgan fingerprint density at radius 3 is 1.27 bits per heavy atom. The predicted molar refractivity (Wildman–Crippen MR) is 91.1 cm³/mol. The van der Waals surface area contributed by atoms with Crippen LogP contribution in [0.15, 0.2) is 48.5 Å². The van der Waals surface area contributed by atoms with Crippen LogP contribution in [0.2, 0.25) is 0 Å². The molecular weight excluding hydrogens is 336 g/mol. The molecule has 0 aliphatic heterocycles. The van der Waals surface area contributed by atoms with Gasteiger partial charge in [-0.3, -0.25) is 0 Å². The zero-order chi connectivity index (χ0) is 18.4. The topological polar surface area (TPSA) is 121 Å². The molecule has 0 atom stereocenters. The summed E-state index contributed by atoms with van der Waals surface area (Å²) in [5.74, 6) is -6.06. The first-order valence-corrected chi connectivity index (χ1v) is 8.00. The van der Waals surface area contributed by atoms with Crippen molar-refractivity contribution in [2.24, 2.45) is 0 Å². The van der Waals surface area contributed by atoms with Crippen LogP contribution in [0.4, 0.5) is 0 Å². The van der Waals surface area contributed by atoms with Crippen molar-refractivity contribution in [3.8, 4) is 33.8 Å². The van der Waals surface area contributed by atoms with Gasteiger partial charge in [-0.25, -0.2) is 0 Å². The molecular formula is C20H14O6. The van der Waals surface area contributed by atoms with E-state index in [0.717, 1.165) is 0 Å². The Morgan fingerprint density at radius 2 is 0.885 bits per heavy atom. The summed E-state index contributed by atoms with van der Waals surface area (Å²) in [5, 5.41) is 64.5. The lowest BCUT2D eigenvalue weighted by Crippen LogP contribution is -2.25. The monoisotopic (exact) mass is 350 g/mol. The molecule has 2 aliphatic rings. The summed E-state index contributed by atoms with van der Waals surface area (Å²) >= 11 is 0. The SMILES string of the molecule is Oc1c2c(c(O)c3c1C(O)(O)c1ccccc1-3)C(O)(O)c1ccccc1-2. The van der Waals surface area contributed by atoms with E-state index in [1.165, 1.54) is 12.1 Å². The van der Waals surface area contributed by atoms with Gasteiger partial charge in [0.2, 0.25) is 11.6 Å². The Labute approximate surface area is 147 Å². The van der Waals surface area contributed by atoms with Crippen LogP contribution >= 0.6 is 0 Å². The molecule has 0 amide bonds. The third-order valence-corrected chi connectivity index (χ3v) is 5.29. The van der Waals surface area contributed by atoms with Crippen molar-refractivity contribution in [1.29, 1.82) is 0 Å². The van der Waals surface area contributed by atoms with Gasteiger partial charge in [0.05, 0.1) is 11.1 Å². The summed E-state index contributed by atoms with van der Waals surface area (Å²) in [4.78, 5) is 0. The smallest absolute Gasteiger partial charge is 0.222 e. The fourth-order valence-electron chi connectivity index (χ4n) is 4.21. The van der Waals surface area contributed by atoms with Crippen molar-refractivity contribution in [2.75, 3.05) is 0 Å². The average Bonchev–Trinajstić information content (AvgIpc) is 3.00. The first kappa shape index (κ1) is 15.4. The molecule has 0 saturated heterocycles. The number of hydrogen-bond acceptors (Lipinski definition) is 6. The molecule has 3 aromatic rings. The van der Waals surface area contributed by atoms with E-state index in [1.807, 2.05) is 0 Å². The van der Waals surface area contributed by atoms with Gasteiger partial charge in [-0.05, 0) is 11.1 Å². The molecule has 6 heteroatoms. The molecule has 5 rings (SSSR count). The Balaban J connectivity index is 1.99. The average molecular weight is 350 g/mol. The molecule has 0 radical (unpaired) electrons. The number of phenols is 2. The standard InChI is InChI=1S/C20H14O6/c21-17-13-9-5-1-3-7-11(9)19(23,24)15(13)18(22)14-10-6-2-4-8-12(10)20(25,26)16(14)17/h1-8,21-26H. The van der Waals surface area contributed by atoms with E-state index in [9.17, 15) is 30.6 Å². The maximum absolute atomic E-state index is 10.9. The van der Waals surface area contributed by atoms with Crippen LogP contribution in [0.5, 0.6) is 11.5 Å². The first-order valence-electron chi connectivity index (χ1n) is 8.00. The number of aromatic hydroxyl groups is 2. The van der Waals surface area contributed by atoms with Crippen molar-refractivity contribution >= 4 is 0 Å². The van der Waals surface area contributed by atoms with Gasteiger partial charge in [-0.15, -0.1) is 0 Å². The maximum atomic E-state index is 10.9. The van der Waals surface area contributed by atoms with Gasteiger partial charge in [0.15, 0.2) is 0 Å². The quantitative estimate of drug-likeness (QED) is 0.269. The van der Waals surface area contributed by atoms with E-state index in [4.69, 9.17) is 0 Å². The van der Waals surface area contributed by atoms with Crippen molar-refractivity contribution in [1.82, 2.24) is 0 Å². The van der Waals surface area contributed by atoms with Gasteiger partial charge in [0.1, 0.15) is 11.5 Å². The normalized spacial score (nSPS) is 17.4. The highest BCUT2D eigenvalue weighted by Crippen LogP contribution is 2.62. The molecule has 0 saturated carbocycles. The Bertz CT molecular complexity index is 1020. The predicted octanol–water partition coefficient (Wildman–Crippen LogP) is 1.43. The van der Waals surface area contributed by atoms with Gasteiger partial charge in [0.25, 0.3) is 0 Å². The maximum Gasteiger partial charge on any atom is 0.222 e. The second kappa shape index (κ2) is 4.44. The Morgan fingerprint density at radius 1 is 0.538 bits per heavy atom. The van der Waals surface area contributed by atoms with Crippen LogP contribution in [0.1, 0.15) is 22.3 Å². The molecule has 3 aromatic carbocycles. The number of phenolic OH excluding ortho intramolecular Hbond substituents is 2. The van der Waals surface area contributed by atoms with Crippen molar-refractivity contribution in [3.05, 3.63) is 70.8 Å². The fraction of sp³-hybridized carbons (Fsp3) is 0.100. The molecule has 0 spiro atoms. The highest BCUT2D eigenvalue weighted by Gasteiger charge is 2.51. The summed E-state index contributed by atoms with van der Waals surface area (Å²) in [6.45, 7) is 0. The molecule has 0 unspecified atom stereocenters. The van der Waals surface area contributed by atoms with E-state index >= 15 is 0 Å². The van der Waals surface area contributed by atoms with E-state index in [-0.39, 0.29) is 33.4 Å². The second-order valence-corrected chi connectivity index (χ2v) is 6.63.